The monoisotopic (exact) mass is 302 g/mol. The van der Waals surface area contributed by atoms with Gasteiger partial charge >= 0.3 is 0 Å². The first-order valence-electron chi connectivity index (χ1n) is 7.50. The predicted octanol–water partition coefficient (Wildman–Crippen LogP) is 1.90. The van der Waals surface area contributed by atoms with Crippen LogP contribution in [-0.2, 0) is 4.79 Å². The molecule has 1 aromatic carbocycles. The molecular weight excluding hydrogens is 280 g/mol. The Bertz CT molecular complexity index is 557. The zero-order chi connectivity index (χ0) is 15.9. The van der Waals surface area contributed by atoms with Crippen molar-refractivity contribution in [2.45, 2.75) is 25.8 Å². The summed E-state index contributed by atoms with van der Waals surface area (Å²) < 4.78 is 5.49. The maximum atomic E-state index is 12.3. The topological polar surface area (TPSA) is 67.4 Å². The summed E-state index contributed by atoms with van der Waals surface area (Å²) >= 11 is 0. The molecule has 1 heterocycles. The van der Waals surface area contributed by atoms with Gasteiger partial charge in [0, 0.05) is 19.0 Å². The number of ether oxygens (including phenoxy) is 1. The molecule has 0 spiro atoms. The number of nitrogens with one attached hydrogen (secondary N) is 2. The second kappa shape index (κ2) is 7.64. The number of amides is 2. The van der Waals surface area contributed by atoms with Crippen LogP contribution in [0.5, 0.6) is 5.75 Å². The summed E-state index contributed by atoms with van der Waals surface area (Å²) in [7, 11) is 0. The number of rotatable bonds is 6. The van der Waals surface area contributed by atoms with Gasteiger partial charge < -0.3 is 15.4 Å². The van der Waals surface area contributed by atoms with Crippen molar-refractivity contribution < 1.29 is 14.3 Å². The highest BCUT2D eigenvalue weighted by Gasteiger charge is 2.24. The fourth-order valence-corrected chi connectivity index (χ4v) is 2.65. The average molecular weight is 302 g/mol. The van der Waals surface area contributed by atoms with Gasteiger partial charge in [-0.05, 0) is 31.4 Å². The van der Waals surface area contributed by atoms with Crippen LogP contribution in [0.25, 0.3) is 0 Å². The first-order valence-corrected chi connectivity index (χ1v) is 7.50. The van der Waals surface area contributed by atoms with Gasteiger partial charge in [0.25, 0.3) is 5.91 Å². The molecule has 5 nitrogen and oxygen atoms in total. The molecule has 0 saturated carbocycles. The van der Waals surface area contributed by atoms with Gasteiger partial charge in [-0.15, -0.1) is 0 Å². The minimum Gasteiger partial charge on any atom is -0.489 e. The Hall–Kier alpha value is -2.30. The summed E-state index contributed by atoms with van der Waals surface area (Å²) in [5.74, 6) is 0.578. The Morgan fingerprint density at radius 3 is 3.00 bits per heavy atom. The van der Waals surface area contributed by atoms with Gasteiger partial charge in [-0.1, -0.05) is 24.8 Å². The Kier molecular flexibility index (Phi) is 5.58. The Balaban J connectivity index is 1.94. The number of benzene rings is 1. The van der Waals surface area contributed by atoms with Crippen LogP contribution in [-0.4, -0.2) is 31.0 Å². The number of hydrogen-bond donors (Lipinski definition) is 2. The Labute approximate surface area is 130 Å². The zero-order valence-electron chi connectivity index (χ0n) is 12.8. The molecular formula is C17H22N2O3. The van der Waals surface area contributed by atoms with Crippen molar-refractivity contribution in [3.05, 3.63) is 42.5 Å². The second-order valence-corrected chi connectivity index (χ2v) is 5.58. The molecule has 1 aromatic rings. The summed E-state index contributed by atoms with van der Waals surface area (Å²) in [6, 6.07) is 7.26. The summed E-state index contributed by atoms with van der Waals surface area (Å²) in [4.78, 5) is 23.8. The lowest BCUT2D eigenvalue weighted by Gasteiger charge is -2.27. The van der Waals surface area contributed by atoms with Crippen molar-refractivity contribution in [3.63, 3.8) is 0 Å². The lowest BCUT2D eigenvalue weighted by molar-refractivity contribution is -0.124. The molecule has 2 N–H and O–H groups in total. The van der Waals surface area contributed by atoms with Crippen molar-refractivity contribution in [2.24, 2.45) is 5.92 Å². The van der Waals surface area contributed by atoms with Gasteiger partial charge in [0.2, 0.25) is 5.91 Å². The van der Waals surface area contributed by atoms with Crippen LogP contribution >= 0.6 is 0 Å². The van der Waals surface area contributed by atoms with Gasteiger partial charge in [-0.3, -0.25) is 9.59 Å². The lowest BCUT2D eigenvalue weighted by atomic mass is 9.92. The third-order valence-electron chi connectivity index (χ3n) is 3.61. The summed E-state index contributed by atoms with van der Waals surface area (Å²) in [6.07, 6.45) is 2.97. The molecule has 118 valence electrons. The smallest absolute Gasteiger partial charge is 0.255 e. The van der Waals surface area contributed by atoms with Crippen LogP contribution in [0.3, 0.4) is 0 Å². The molecule has 5 heteroatoms. The van der Waals surface area contributed by atoms with E-state index >= 15 is 0 Å². The van der Waals surface area contributed by atoms with E-state index in [1.54, 1.807) is 24.3 Å². The third-order valence-corrected chi connectivity index (χ3v) is 3.61. The van der Waals surface area contributed by atoms with Gasteiger partial charge in [-0.2, -0.15) is 0 Å². The van der Waals surface area contributed by atoms with Crippen LogP contribution < -0.4 is 15.4 Å². The summed E-state index contributed by atoms with van der Waals surface area (Å²) in [6.45, 7) is 6.42. The number of para-hydroxylation sites is 1. The van der Waals surface area contributed by atoms with E-state index in [0.717, 1.165) is 6.42 Å². The van der Waals surface area contributed by atoms with Crippen LogP contribution in [0, 0.1) is 5.92 Å². The molecule has 22 heavy (non-hydrogen) atoms. The van der Waals surface area contributed by atoms with E-state index in [4.69, 9.17) is 4.74 Å². The molecule has 1 aliphatic heterocycles. The molecule has 2 rings (SSSR count). The largest absolute Gasteiger partial charge is 0.489 e. The van der Waals surface area contributed by atoms with Gasteiger partial charge in [0.15, 0.2) is 0 Å². The quantitative estimate of drug-likeness (QED) is 0.789. The maximum absolute atomic E-state index is 12.3. The minimum atomic E-state index is -0.182. The fourth-order valence-electron chi connectivity index (χ4n) is 2.65. The maximum Gasteiger partial charge on any atom is 0.255 e. The average Bonchev–Trinajstić information content (AvgIpc) is 2.50. The first kappa shape index (κ1) is 16.1. The minimum absolute atomic E-state index is 0.0488. The predicted molar refractivity (Wildman–Crippen MR) is 84.8 cm³/mol. The summed E-state index contributed by atoms with van der Waals surface area (Å²) in [5.41, 5.74) is 0.498. The molecule has 1 saturated heterocycles. The molecule has 2 amide bonds. The van der Waals surface area contributed by atoms with Crippen molar-refractivity contribution >= 4 is 11.8 Å². The van der Waals surface area contributed by atoms with E-state index in [1.165, 1.54) is 0 Å². The second-order valence-electron chi connectivity index (χ2n) is 5.58. The number of piperidine rings is 1. The van der Waals surface area contributed by atoms with E-state index in [1.807, 2.05) is 13.0 Å². The Morgan fingerprint density at radius 2 is 2.27 bits per heavy atom. The molecule has 1 fully saturated rings. The van der Waals surface area contributed by atoms with Gasteiger partial charge in [0.05, 0.1) is 5.56 Å². The highest BCUT2D eigenvalue weighted by atomic mass is 16.5. The molecule has 2 atom stereocenters. The van der Waals surface area contributed by atoms with Crippen LogP contribution in [0.15, 0.2) is 36.9 Å². The SMILES string of the molecule is C=CCOc1ccccc1C(=O)NCC1CC(=O)NC(C)C1. The number of hydrogen-bond acceptors (Lipinski definition) is 3. The van der Waals surface area contributed by atoms with E-state index in [2.05, 4.69) is 17.2 Å². The molecule has 0 aromatic heterocycles. The first-order chi connectivity index (χ1) is 10.6. The summed E-state index contributed by atoms with van der Waals surface area (Å²) in [5, 5.41) is 5.78. The normalized spacial score (nSPS) is 20.9. The van der Waals surface area contributed by atoms with E-state index in [9.17, 15) is 9.59 Å². The van der Waals surface area contributed by atoms with Crippen LogP contribution in [0.2, 0.25) is 0 Å². The van der Waals surface area contributed by atoms with Crippen molar-refractivity contribution in [1.82, 2.24) is 10.6 Å². The lowest BCUT2D eigenvalue weighted by Crippen LogP contribution is -2.44. The Morgan fingerprint density at radius 1 is 1.50 bits per heavy atom. The van der Waals surface area contributed by atoms with E-state index < -0.39 is 0 Å². The van der Waals surface area contributed by atoms with Crippen molar-refractivity contribution in [3.8, 4) is 5.75 Å². The van der Waals surface area contributed by atoms with E-state index in [-0.39, 0.29) is 23.8 Å². The van der Waals surface area contributed by atoms with Crippen molar-refractivity contribution in [1.29, 1.82) is 0 Å². The molecule has 0 aliphatic carbocycles. The zero-order valence-corrected chi connectivity index (χ0v) is 12.8. The molecule has 2 unspecified atom stereocenters. The van der Waals surface area contributed by atoms with Crippen LogP contribution in [0.1, 0.15) is 30.1 Å². The number of carbonyl (C=O) groups is 2. The fraction of sp³-hybridized carbons (Fsp3) is 0.412. The highest BCUT2D eigenvalue weighted by Crippen LogP contribution is 2.19. The highest BCUT2D eigenvalue weighted by molar-refractivity contribution is 5.96. The third kappa shape index (κ3) is 4.35. The molecule has 0 bridgehead atoms. The number of carbonyl (C=O) groups excluding carboxylic acids is 2. The van der Waals surface area contributed by atoms with Crippen molar-refractivity contribution in [2.75, 3.05) is 13.2 Å². The van der Waals surface area contributed by atoms with Gasteiger partial charge in [-0.25, -0.2) is 0 Å². The van der Waals surface area contributed by atoms with E-state index in [0.29, 0.717) is 30.9 Å². The van der Waals surface area contributed by atoms with Gasteiger partial charge in [0.1, 0.15) is 12.4 Å². The standard InChI is InChI=1S/C17H22N2O3/c1-3-8-22-15-7-5-4-6-14(15)17(21)18-11-13-9-12(2)19-16(20)10-13/h3-7,12-13H,1,8-11H2,2H3,(H,18,21)(H,19,20). The molecule has 1 aliphatic rings. The van der Waals surface area contributed by atoms with Crippen LogP contribution in [0.4, 0.5) is 0 Å². The molecule has 0 radical (unpaired) electrons.